The molecule has 1 aromatic carbocycles. The van der Waals surface area contributed by atoms with E-state index >= 15 is 0 Å². The summed E-state index contributed by atoms with van der Waals surface area (Å²) in [7, 11) is 3.33. The smallest absolute Gasteiger partial charge is 0.201 e. The Bertz CT molecular complexity index is 508. The van der Waals surface area contributed by atoms with Crippen LogP contribution in [0.5, 0.6) is 5.75 Å². The molecule has 1 heterocycles. The van der Waals surface area contributed by atoms with Gasteiger partial charge in [-0.25, -0.2) is 4.98 Å². The van der Waals surface area contributed by atoms with Crippen molar-refractivity contribution in [3.8, 4) is 5.75 Å². The van der Waals surface area contributed by atoms with E-state index in [4.69, 9.17) is 15.2 Å². The molecule has 0 radical (unpaired) electrons. The minimum atomic E-state index is 0.514. The molecule has 17 heavy (non-hydrogen) atoms. The number of nitrogens with two attached hydrogens (primary N) is 1. The van der Waals surface area contributed by atoms with E-state index in [1.807, 2.05) is 22.8 Å². The lowest BCUT2D eigenvalue weighted by Crippen LogP contribution is -2.05. The number of imidazole rings is 1. The predicted octanol–water partition coefficient (Wildman–Crippen LogP) is 1.66. The average Bonchev–Trinajstić information content (AvgIpc) is 2.66. The molecule has 5 nitrogen and oxygen atoms in total. The van der Waals surface area contributed by atoms with Crippen molar-refractivity contribution in [3.05, 3.63) is 18.2 Å². The summed E-state index contributed by atoms with van der Waals surface area (Å²) < 4.78 is 12.3. The van der Waals surface area contributed by atoms with Crippen molar-refractivity contribution in [3.63, 3.8) is 0 Å². The van der Waals surface area contributed by atoms with Gasteiger partial charge in [-0.15, -0.1) is 0 Å². The minimum Gasteiger partial charge on any atom is -0.494 e. The zero-order valence-corrected chi connectivity index (χ0v) is 10.1. The Labute approximate surface area is 100 Å². The largest absolute Gasteiger partial charge is 0.494 e. The van der Waals surface area contributed by atoms with Crippen molar-refractivity contribution in [1.82, 2.24) is 9.55 Å². The van der Waals surface area contributed by atoms with Crippen LogP contribution >= 0.6 is 0 Å². The second-order valence-electron chi connectivity index (χ2n) is 3.80. The van der Waals surface area contributed by atoms with Gasteiger partial charge in [0, 0.05) is 20.3 Å². The van der Waals surface area contributed by atoms with E-state index in [2.05, 4.69) is 4.98 Å². The number of anilines is 1. The Balaban J connectivity index is 2.38. The summed E-state index contributed by atoms with van der Waals surface area (Å²) in [5.41, 5.74) is 7.72. The molecule has 0 atom stereocenters. The molecule has 0 saturated heterocycles. The van der Waals surface area contributed by atoms with Crippen molar-refractivity contribution in [2.24, 2.45) is 0 Å². The molecule has 0 bridgehead atoms. The molecule has 0 fully saturated rings. The minimum absolute atomic E-state index is 0.514. The number of nitrogen functional groups attached to an aromatic ring is 1. The quantitative estimate of drug-likeness (QED) is 0.801. The van der Waals surface area contributed by atoms with Crippen LogP contribution in [0.4, 0.5) is 5.95 Å². The number of aromatic nitrogens is 2. The molecule has 0 saturated carbocycles. The maximum absolute atomic E-state index is 5.91. The summed E-state index contributed by atoms with van der Waals surface area (Å²) in [5, 5.41) is 0. The third kappa shape index (κ3) is 2.19. The van der Waals surface area contributed by atoms with Crippen molar-refractivity contribution in [1.29, 1.82) is 0 Å². The highest BCUT2D eigenvalue weighted by Crippen LogP contribution is 2.26. The molecule has 0 aliphatic carbocycles. The van der Waals surface area contributed by atoms with Gasteiger partial charge in [-0.05, 0) is 18.6 Å². The zero-order chi connectivity index (χ0) is 12.3. The highest BCUT2D eigenvalue weighted by atomic mass is 16.5. The van der Waals surface area contributed by atoms with Crippen LogP contribution < -0.4 is 10.5 Å². The number of nitrogens with zero attached hydrogens (tertiary/aromatic N) is 2. The summed E-state index contributed by atoms with van der Waals surface area (Å²) in [5.74, 6) is 1.26. The topological polar surface area (TPSA) is 62.3 Å². The molecule has 92 valence electrons. The molecule has 2 rings (SSSR count). The molecule has 2 N–H and O–H groups in total. The van der Waals surface area contributed by atoms with E-state index in [0.717, 1.165) is 29.7 Å². The lowest BCUT2D eigenvalue weighted by atomic mass is 10.3. The van der Waals surface area contributed by atoms with Crippen molar-refractivity contribution < 1.29 is 9.47 Å². The number of para-hydroxylation sites is 1. The van der Waals surface area contributed by atoms with Crippen LogP contribution in [0, 0.1) is 0 Å². The second-order valence-corrected chi connectivity index (χ2v) is 3.80. The summed E-state index contributed by atoms with van der Waals surface area (Å²) in [6.45, 7) is 1.51. The first-order valence-electron chi connectivity index (χ1n) is 5.55. The summed E-state index contributed by atoms with van der Waals surface area (Å²) in [4.78, 5) is 4.34. The molecule has 2 aromatic rings. The lowest BCUT2D eigenvalue weighted by Gasteiger charge is -2.06. The molecule has 0 aliphatic rings. The van der Waals surface area contributed by atoms with Crippen LogP contribution in [0.25, 0.3) is 11.0 Å². The zero-order valence-electron chi connectivity index (χ0n) is 10.1. The van der Waals surface area contributed by atoms with E-state index < -0.39 is 0 Å². The highest BCUT2D eigenvalue weighted by molar-refractivity contribution is 5.84. The molecule has 0 unspecified atom stereocenters. The Morgan fingerprint density at radius 3 is 2.88 bits per heavy atom. The number of methoxy groups -OCH3 is 2. The van der Waals surface area contributed by atoms with Crippen LogP contribution in [0.2, 0.25) is 0 Å². The fourth-order valence-electron chi connectivity index (χ4n) is 1.91. The van der Waals surface area contributed by atoms with Crippen LogP contribution in [-0.4, -0.2) is 30.4 Å². The summed E-state index contributed by atoms with van der Waals surface area (Å²) >= 11 is 0. The molecule has 1 aromatic heterocycles. The third-order valence-corrected chi connectivity index (χ3v) is 2.72. The van der Waals surface area contributed by atoms with E-state index in [1.165, 1.54) is 0 Å². The number of aryl methyl sites for hydroxylation is 1. The number of benzene rings is 1. The highest BCUT2D eigenvalue weighted by Gasteiger charge is 2.11. The first-order chi connectivity index (χ1) is 8.27. The van der Waals surface area contributed by atoms with Gasteiger partial charge >= 0.3 is 0 Å². The Morgan fingerprint density at radius 1 is 1.35 bits per heavy atom. The third-order valence-electron chi connectivity index (χ3n) is 2.72. The molecule has 0 amide bonds. The van der Waals surface area contributed by atoms with E-state index in [0.29, 0.717) is 12.6 Å². The monoisotopic (exact) mass is 235 g/mol. The van der Waals surface area contributed by atoms with Crippen molar-refractivity contribution in [2.45, 2.75) is 13.0 Å². The Morgan fingerprint density at radius 2 is 2.18 bits per heavy atom. The van der Waals surface area contributed by atoms with Crippen LogP contribution in [0.1, 0.15) is 6.42 Å². The molecule has 0 aliphatic heterocycles. The van der Waals surface area contributed by atoms with Crippen LogP contribution in [-0.2, 0) is 11.3 Å². The molecule has 0 spiro atoms. The van der Waals surface area contributed by atoms with Gasteiger partial charge in [0.25, 0.3) is 0 Å². The first kappa shape index (κ1) is 11.7. The van der Waals surface area contributed by atoms with Gasteiger partial charge in [0.1, 0.15) is 11.3 Å². The van der Waals surface area contributed by atoms with Crippen LogP contribution in [0.3, 0.4) is 0 Å². The van der Waals surface area contributed by atoms with Crippen molar-refractivity contribution >= 4 is 17.0 Å². The molecule has 5 heteroatoms. The number of fused-ring (bicyclic) bond motifs is 1. The summed E-state index contributed by atoms with van der Waals surface area (Å²) in [6.07, 6.45) is 0.906. The molecular formula is C12H17N3O2. The van der Waals surface area contributed by atoms with E-state index in [9.17, 15) is 0 Å². The van der Waals surface area contributed by atoms with Crippen molar-refractivity contribution in [2.75, 3.05) is 26.6 Å². The lowest BCUT2D eigenvalue weighted by molar-refractivity contribution is 0.191. The van der Waals surface area contributed by atoms with Gasteiger partial charge in [-0.1, -0.05) is 6.07 Å². The SMILES string of the molecule is COCCCn1c(N)nc2c(OC)cccc21. The number of hydrogen-bond acceptors (Lipinski definition) is 4. The number of rotatable bonds is 5. The standard InChI is InChI=1S/C12H17N3O2/c1-16-8-4-7-15-9-5-3-6-10(17-2)11(9)14-12(15)13/h3,5-6H,4,7-8H2,1-2H3,(H2,13,14). The average molecular weight is 235 g/mol. The number of ether oxygens (including phenoxy) is 2. The summed E-state index contributed by atoms with van der Waals surface area (Å²) in [6, 6.07) is 5.82. The van der Waals surface area contributed by atoms with E-state index in [-0.39, 0.29) is 0 Å². The van der Waals surface area contributed by atoms with Gasteiger partial charge in [-0.3, -0.25) is 0 Å². The first-order valence-corrected chi connectivity index (χ1v) is 5.55. The van der Waals surface area contributed by atoms with E-state index in [1.54, 1.807) is 14.2 Å². The fourth-order valence-corrected chi connectivity index (χ4v) is 1.91. The van der Waals surface area contributed by atoms with Gasteiger partial charge in [0.15, 0.2) is 0 Å². The van der Waals surface area contributed by atoms with Crippen LogP contribution in [0.15, 0.2) is 18.2 Å². The molecular weight excluding hydrogens is 218 g/mol. The second kappa shape index (κ2) is 5.05. The Hall–Kier alpha value is -1.75. The maximum atomic E-state index is 5.91. The fraction of sp³-hybridized carbons (Fsp3) is 0.417. The normalized spacial score (nSPS) is 10.9. The maximum Gasteiger partial charge on any atom is 0.201 e. The number of hydrogen-bond donors (Lipinski definition) is 1. The van der Waals surface area contributed by atoms with Gasteiger partial charge in [0.2, 0.25) is 5.95 Å². The van der Waals surface area contributed by atoms with Gasteiger partial charge in [-0.2, -0.15) is 0 Å². The van der Waals surface area contributed by atoms with Gasteiger partial charge in [0.05, 0.1) is 12.6 Å². The predicted molar refractivity (Wildman–Crippen MR) is 67.2 cm³/mol. The van der Waals surface area contributed by atoms with Gasteiger partial charge < -0.3 is 19.8 Å². The Kier molecular flexibility index (Phi) is 3.49.